The van der Waals surface area contributed by atoms with E-state index in [2.05, 4.69) is 4.72 Å². The Bertz CT molecular complexity index is 1510. The number of hydrogen-bond acceptors (Lipinski definition) is 7. The van der Waals surface area contributed by atoms with Gasteiger partial charge in [0.25, 0.3) is 5.56 Å². The summed E-state index contributed by atoms with van der Waals surface area (Å²) in [6.45, 7) is 2.19. The summed E-state index contributed by atoms with van der Waals surface area (Å²) >= 11 is 1.33. The first-order valence-electron chi connectivity index (χ1n) is 10.8. The number of fused-ring (bicyclic) bond motifs is 1. The first kappa shape index (κ1) is 24.5. The summed E-state index contributed by atoms with van der Waals surface area (Å²) in [6, 6.07) is 17.9. The quantitative estimate of drug-likeness (QED) is 0.337. The summed E-state index contributed by atoms with van der Waals surface area (Å²) in [4.78, 5) is 26.5. The van der Waals surface area contributed by atoms with Crippen molar-refractivity contribution in [2.24, 2.45) is 0 Å². The summed E-state index contributed by atoms with van der Waals surface area (Å²) in [6.07, 6.45) is 1.08. The van der Waals surface area contributed by atoms with Crippen LogP contribution >= 0.6 is 11.3 Å². The van der Waals surface area contributed by atoms with E-state index in [-0.39, 0.29) is 31.1 Å². The van der Waals surface area contributed by atoms with Gasteiger partial charge in [0.2, 0.25) is 15.8 Å². The standard InChI is InChI=1S/C25H24N2O6S2/c1-3-32-25(29)21-22(33-16-18-7-5-4-6-8-18)24(28)27(20-13-14-34-23(20)21)15-17-9-11-19(12-10-17)26-35(2,30)31/h4-14,26H,3,15-16H2,1-2H3. The topological polar surface area (TPSA) is 104 Å². The average molecular weight is 513 g/mol. The molecule has 0 atom stereocenters. The van der Waals surface area contributed by atoms with E-state index in [0.29, 0.717) is 15.9 Å². The van der Waals surface area contributed by atoms with Gasteiger partial charge in [0.1, 0.15) is 12.2 Å². The molecule has 2 aromatic carbocycles. The molecule has 1 N–H and O–H groups in total. The van der Waals surface area contributed by atoms with Crippen LogP contribution in [0.2, 0.25) is 0 Å². The van der Waals surface area contributed by atoms with Gasteiger partial charge in [-0.2, -0.15) is 0 Å². The van der Waals surface area contributed by atoms with Crippen molar-refractivity contribution in [1.29, 1.82) is 0 Å². The van der Waals surface area contributed by atoms with E-state index in [1.54, 1.807) is 41.8 Å². The zero-order chi connectivity index (χ0) is 25.0. The molecule has 182 valence electrons. The molecule has 0 spiro atoms. The van der Waals surface area contributed by atoms with Gasteiger partial charge in [-0.15, -0.1) is 11.3 Å². The molecule has 35 heavy (non-hydrogen) atoms. The number of ether oxygens (including phenoxy) is 2. The molecule has 0 fully saturated rings. The minimum absolute atomic E-state index is 0.0578. The Labute approximate surface area is 206 Å². The van der Waals surface area contributed by atoms with Crippen LogP contribution in [0.1, 0.15) is 28.4 Å². The summed E-state index contributed by atoms with van der Waals surface area (Å²) < 4.78 is 38.7. The van der Waals surface area contributed by atoms with Crippen LogP contribution in [0.5, 0.6) is 5.75 Å². The van der Waals surface area contributed by atoms with E-state index in [1.807, 2.05) is 35.7 Å². The van der Waals surface area contributed by atoms with E-state index in [0.717, 1.165) is 17.4 Å². The molecule has 2 heterocycles. The van der Waals surface area contributed by atoms with E-state index < -0.39 is 21.6 Å². The van der Waals surface area contributed by atoms with Crippen LogP contribution in [-0.4, -0.2) is 31.8 Å². The number of thiophene rings is 1. The number of benzene rings is 2. The van der Waals surface area contributed by atoms with Gasteiger partial charge in [0.15, 0.2) is 0 Å². The van der Waals surface area contributed by atoms with Crippen molar-refractivity contribution >= 4 is 43.2 Å². The zero-order valence-corrected chi connectivity index (χ0v) is 20.8. The highest BCUT2D eigenvalue weighted by Crippen LogP contribution is 2.31. The van der Waals surface area contributed by atoms with Crippen molar-refractivity contribution in [3.05, 3.63) is 93.1 Å². The van der Waals surface area contributed by atoms with Crippen LogP contribution in [0.4, 0.5) is 5.69 Å². The number of rotatable bonds is 9. The molecule has 0 aliphatic rings. The number of hydrogen-bond donors (Lipinski definition) is 1. The van der Waals surface area contributed by atoms with Crippen LogP contribution in [0.15, 0.2) is 70.8 Å². The highest BCUT2D eigenvalue weighted by molar-refractivity contribution is 7.92. The van der Waals surface area contributed by atoms with Crippen molar-refractivity contribution in [3.63, 3.8) is 0 Å². The van der Waals surface area contributed by atoms with E-state index >= 15 is 0 Å². The summed E-state index contributed by atoms with van der Waals surface area (Å²) in [7, 11) is -3.39. The smallest absolute Gasteiger partial charge is 0.343 e. The number of carbonyl (C=O) groups is 1. The molecule has 0 unspecified atom stereocenters. The SMILES string of the molecule is CCOC(=O)c1c(OCc2ccccc2)c(=O)n(Cc2ccc(NS(C)(=O)=O)cc2)c2ccsc12. The summed E-state index contributed by atoms with van der Waals surface area (Å²) in [5.41, 5.74) is 2.32. The van der Waals surface area contributed by atoms with Crippen LogP contribution in [-0.2, 0) is 27.9 Å². The lowest BCUT2D eigenvalue weighted by Gasteiger charge is -2.16. The average Bonchev–Trinajstić information content (AvgIpc) is 3.30. The van der Waals surface area contributed by atoms with Crippen molar-refractivity contribution < 1.29 is 22.7 Å². The summed E-state index contributed by atoms with van der Waals surface area (Å²) in [5, 5.41) is 1.81. The van der Waals surface area contributed by atoms with Gasteiger partial charge in [-0.05, 0) is 41.6 Å². The van der Waals surface area contributed by atoms with Gasteiger partial charge < -0.3 is 9.47 Å². The minimum atomic E-state index is -3.39. The number of anilines is 1. The van der Waals surface area contributed by atoms with E-state index in [9.17, 15) is 18.0 Å². The Kier molecular flexibility index (Phi) is 7.23. The third-order valence-electron chi connectivity index (χ3n) is 5.13. The Morgan fingerprint density at radius 1 is 1.03 bits per heavy atom. The molecular formula is C25H24N2O6S2. The molecular weight excluding hydrogens is 488 g/mol. The van der Waals surface area contributed by atoms with Gasteiger partial charge in [0.05, 0.1) is 29.6 Å². The van der Waals surface area contributed by atoms with Gasteiger partial charge in [-0.1, -0.05) is 42.5 Å². The fraction of sp³-hybridized carbons (Fsp3) is 0.200. The van der Waals surface area contributed by atoms with Gasteiger partial charge >= 0.3 is 5.97 Å². The number of pyridine rings is 1. The molecule has 8 nitrogen and oxygen atoms in total. The molecule has 4 aromatic rings. The fourth-order valence-corrected chi connectivity index (χ4v) is 5.12. The summed E-state index contributed by atoms with van der Waals surface area (Å²) in [5.74, 6) is -0.666. The molecule has 0 saturated carbocycles. The predicted molar refractivity (Wildman–Crippen MR) is 137 cm³/mol. The first-order chi connectivity index (χ1) is 16.8. The second kappa shape index (κ2) is 10.3. The van der Waals surface area contributed by atoms with E-state index in [1.165, 1.54) is 11.3 Å². The lowest BCUT2D eigenvalue weighted by atomic mass is 10.1. The second-order valence-electron chi connectivity index (χ2n) is 7.80. The normalized spacial score (nSPS) is 11.4. The molecule has 0 radical (unpaired) electrons. The molecule has 0 bridgehead atoms. The number of carbonyl (C=O) groups excluding carboxylic acids is 1. The van der Waals surface area contributed by atoms with Gasteiger partial charge in [-0.3, -0.25) is 14.1 Å². The van der Waals surface area contributed by atoms with Crippen LogP contribution in [0.3, 0.4) is 0 Å². The Hall–Kier alpha value is -3.63. The zero-order valence-electron chi connectivity index (χ0n) is 19.2. The number of nitrogens with zero attached hydrogens (tertiary/aromatic N) is 1. The second-order valence-corrected chi connectivity index (χ2v) is 10.5. The third kappa shape index (κ3) is 5.72. The number of esters is 1. The molecule has 10 heteroatoms. The highest BCUT2D eigenvalue weighted by Gasteiger charge is 2.25. The number of nitrogens with one attached hydrogen (secondary N) is 1. The Morgan fingerprint density at radius 3 is 2.40 bits per heavy atom. The largest absolute Gasteiger partial charge is 0.482 e. The maximum atomic E-state index is 13.6. The highest BCUT2D eigenvalue weighted by atomic mass is 32.2. The molecule has 4 rings (SSSR count). The first-order valence-corrected chi connectivity index (χ1v) is 13.6. The third-order valence-corrected chi connectivity index (χ3v) is 6.66. The maximum absolute atomic E-state index is 13.6. The lowest BCUT2D eigenvalue weighted by molar-refractivity contribution is 0.0523. The Balaban J connectivity index is 1.77. The molecule has 0 aliphatic heterocycles. The fourth-order valence-electron chi connectivity index (χ4n) is 3.63. The van der Waals surface area contributed by atoms with Crippen LogP contribution in [0, 0.1) is 0 Å². The van der Waals surface area contributed by atoms with Crippen molar-refractivity contribution in [2.75, 3.05) is 17.6 Å². The van der Waals surface area contributed by atoms with Crippen molar-refractivity contribution in [1.82, 2.24) is 4.57 Å². The Morgan fingerprint density at radius 2 is 1.74 bits per heavy atom. The monoisotopic (exact) mass is 512 g/mol. The molecule has 0 aliphatic carbocycles. The van der Waals surface area contributed by atoms with Crippen molar-refractivity contribution in [2.45, 2.75) is 20.1 Å². The van der Waals surface area contributed by atoms with E-state index in [4.69, 9.17) is 9.47 Å². The van der Waals surface area contributed by atoms with Gasteiger partial charge in [0, 0.05) is 5.69 Å². The minimum Gasteiger partial charge on any atom is -0.482 e. The lowest BCUT2D eigenvalue weighted by Crippen LogP contribution is -2.26. The number of sulfonamides is 1. The molecule has 2 aromatic heterocycles. The van der Waals surface area contributed by atoms with Gasteiger partial charge in [-0.25, -0.2) is 13.2 Å². The maximum Gasteiger partial charge on any atom is 0.343 e. The molecule has 0 amide bonds. The van der Waals surface area contributed by atoms with Crippen LogP contribution < -0.4 is 15.0 Å². The predicted octanol–water partition coefficient (Wildman–Crippen LogP) is 4.24. The van der Waals surface area contributed by atoms with Crippen LogP contribution in [0.25, 0.3) is 10.2 Å². The van der Waals surface area contributed by atoms with Crippen molar-refractivity contribution in [3.8, 4) is 5.75 Å². The number of aromatic nitrogens is 1. The molecule has 0 saturated heterocycles.